The van der Waals surface area contributed by atoms with Crippen LogP contribution in [0.25, 0.3) is 11.3 Å². The van der Waals surface area contributed by atoms with Gasteiger partial charge in [0, 0.05) is 19.3 Å². The molecular formula is C19H20F3N7O4. The topological polar surface area (TPSA) is 140 Å². The zero-order valence-corrected chi connectivity index (χ0v) is 17.2. The van der Waals surface area contributed by atoms with E-state index in [0.717, 1.165) is 12.5 Å². The minimum absolute atomic E-state index is 0.0786. The standard InChI is InChI=1S/C19H20F3N7O4/c20-19(21,22)15-9(7-24-8-25-15)13-12(23)16(27-17(26-13)28-3-5-32-6-4-28)29-10-1-2-11(30)14(10)33-18(29)31/h7-8,10-11,14,30H,1-6,23H2/t10-,11-,14-/m1/s1. The third-order valence-corrected chi connectivity index (χ3v) is 5.95. The molecule has 14 heteroatoms. The second-order valence-electron chi connectivity index (χ2n) is 7.92. The fourth-order valence-electron chi connectivity index (χ4n) is 4.38. The molecular weight excluding hydrogens is 447 g/mol. The summed E-state index contributed by atoms with van der Waals surface area (Å²) in [5.74, 6) is 0.00865. The van der Waals surface area contributed by atoms with Crippen LogP contribution in [0, 0.1) is 0 Å². The molecule has 33 heavy (non-hydrogen) atoms. The Bertz CT molecular complexity index is 1080. The molecule has 0 bridgehead atoms. The molecule has 2 aromatic rings. The molecule has 11 nitrogen and oxygen atoms in total. The summed E-state index contributed by atoms with van der Waals surface area (Å²) in [7, 11) is 0. The molecule has 1 amide bonds. The van der Waals surface area contributed by atoms with Gasteiger partial charge < -0.3 is 25.2 Å². The zero-order chi connectivity index (χ0) is 23.3. The van der Waals surface area contributed by atoms with E-state index in [1.165, 1.54) is 4.90 Å². The number of nitrogen functional groups attached to an aromatic ring is 1. The van der Waals surface area contributed by atoms with Crippen molar-refractivity contribution >= 4 is 23.5 Å². The lowest BCUT2D eigenvalue weighted by Crippen LogP contribution is -2.39. The first-order chi connectivity index (χ1) is 15.8. The predicted octanol–water partition coefficient (Wildman–Crippen LogP) is 1.22. The van der Waals surface area contributed by atoms with Gasteiger partial charge in [-0.1, -0.05) is 0 Å². The van der Waals surface area contributed by atoms with Crippen LogP contribution in [-0.2, 0) is 15.7 Å². The Morgan fingerprint density at radius 3 is 2.67 bits per heavy atom. The molecule has 3 fully saturated rings. The van der Waals surface area contributed by atoms with E-state index in [2.05, 4.69) is 19.9 Å². The molecule has 2 aromatic heterocycles. The number of carbonyl (C=O) groups excluding carboxylic acids is 1. The summed E-state index contributed by atoms with van der Waals surface area (Å²) < 4.78 is 51.7. The highest BCUT2D eigenvalue weighted by atomic mass is 19.4. The average molecular weight is 467 g/mol. The number of carbonyl (C=O) groups is 1. The summed E-state index contributed by atoms with van der Waals surface area (Å²) in [4.78, 5) is 31.5. The number of aliphatic hydroxyl groups excluding tert-OH is 1. The molecule has 0 spiro atoms. The fraction of sp³-hybridized carbons (Fsp3) is 0.526. The van der Waals surface area contributed by atoms with Crippen molar-refractivity contribution in [1.29, 1.82) is 0 Å². The maximum Gasteiger partial charge on any atom is 0.434 e. The maximum absolute atomic E-state index is 13.7. The molecule has 2 aliphatic heterocycles. The van der Waals surface area contributed by atoms with Crippen molar-refractivity contribution < 1.29 is 32.5 Å². The van der Waals surface area contributed by atoms with Crippen LogP contribution in [-0.4, -0.2) is 75.7 Å². The number of fused-ring (bicyclic) bond motifs is 1. The third kappa shape index (κ3) is 3.68. The summed E-state index contributed by atoms with van der Waals surface area (Å²) in [5.41, 5.74) is 4.15. The minimum Gasteiger partial charge on any atom is -0.441 e. The van der Waals surface area contributed by atoms with Crippen molar-refractivity contribution in [3.05, 3.63) is 18.2 Å². The van der Waals surface area contributed by atoms with Gasteiger partial charge in [0.1, 0.15) is 17.7 Å². The van der Waals surface area contributed by atoms with E-state index in [4.69, 9.17) is 15.2 Å². The van der Waals surface area contributed by atoms with Gasteiger partial charge >= 0.3 is 12.3 Å². The van der Waals surface area contributed by atoms with Crippen molar-refractivity contribution in [3.8, 4) is 11.3 Å². The van der Waals surface area contributed by atoms with Crippen molar-refractivity contribution in [2.75, 3.05) is 41.8 Å². The summed E-state index contributed by atoms with van der Waals surface area (Å²) in [6.07, 6.45) is -4.60. The Morgan fingerprint density at radius 1 is 1.18 bits per heavy atom. The highest BCUT2D eigenvalue weighted by Gasteiger charge is 2.51. The minimum atomic E-state index is -4.79. The van der Waals surface area contributed by atoms with Crippen molar-refractivity contribution in [2.24, 2.45) is 0 Å². The largest absolute Gasteiger partial charge is 0.441 e. The van der Waals surface area contributed by atoms with Crippen LogP contribution in [0.1, 0.15) is 18.5 Å². The smallest absolute Gasteiger partial charge is 0.434 e. The van der Waals surface area contributed by atoms with Crippen LogP contribution in [0.4, 0.5) is 35.4 Å². The van der Waals surface area contributed by atoms with E-state index >= 15 is 0 Å². The number of aliphatic hydroxyl groups is 1. The van der Waals surface area contributed by atoms with E-state index in [-0.39, 0.29) is 23.1 Å². The molecule has 1 aliphatic carbocycles. The normalized spacial score (nSPS) is 25.3. The van der Waals surface area contributed by atoms with Gasteiger partial charge in [-0.15, -0.1) is 0 Å². The fourth-order valence-corrected chi connectivity index (χ4v) is 4.38. The van der Waals surface area contributed by atoms with Crippen LogP contribution in [0.15, 0.2) is 12.5 Å². The van der Waals surface area contributed by atoms with Gasteiger partial charge in [-0.25, -0.2) is 19.7 Å². The monoisotopic (exact) mass is 467 g/mol. The lowest BCUT2D eigenvalue weighted by atomic mass is 10.1. The van der Waals surface area contributed by atoms with Gasteiger partial charge in [0.25, 0.3) is 0 Å². The molecule has 3 atom stereocenters. The van der Waals surface area contributed by atoms with Crippen LogP contribution < -0.4 is 15.5 Å². The number of rotatable bonds is 3. The Balaban J connectivity index is 1.69. The molecule has 4 heterocycles. The first kappa shape index (κ1) is 21.6. The van der Waals surface area contributed by atoms with E-state index in [0.29, 0.717) is 39.1 Å². The number of nitrogens with zero attached hydrogens (tertiary/aromatic N) is 6. The molecule has 3 N–H and O–H groups in total. The number of aromatic nitrogens is 4. The first-order valence-corrected chi connectivity index (χ1v) is 10.3. The van der Waals surface area contributed by atoms with Gasteiger partial charge in [0.05, 0.1) is 30.9 Å². The number of hydrogen-bond donors (Lipinski definition) is 2. The van der Waals surface area contributed by atoms with Gasteiger partial charge in [-0.05, 0) is 12.8 Å². The van der Waals surface area contributed by atoms with Crippen molar-refractivity contribution in [2.45, 2.75) is 37.3 Å². The highest BCUT2D eigenvalue weighted by molar-refractivity contribution is 5.96. The Morgan fingerprint density at radius 2 is 1.94 bits per heavy atom. The Hall–Kier alpha value is -3.26. The van der Waals surface area contributed by atoms with Gasteiger partial charge in [0.2, 0.25) is 5.95 Å². The van der Waals surface area contributed by atoms with Crippen LogP contribution in [0.3, 0.4) is 0 Å². The van der Waals surface area contributed by atoms with Gasteiger partial charge in [0.15, 0.2) is 17.6 Å². The van der Waals surface area contributed by atoms with Gasteiger partial charge in [-0.2, -0.15) is 18.2 Å². The number of halogens is 3. The van der Waals surface area contributed by atoms with Crippen molar-refractivity contribution in [3.63, 3.8) is 0 Å². The van der Waals surface area contributed by atoms with Crippen molar-refractivity contribution in [1.82, 2.24) is 19.9 Å². The molecule has 5 rings (SSSR count). The summed E-state index contributed by atoms with van der Waals surface area (Å²) in [6, 6.07) is -0.552. The second-order valence-corrected chi connectivity index (χ2v) is 7.92. The molecule has 1 saturated carbocycles. The Labute approximate surface area is 185 Å². The Kier molecular flexibility index (Phi) is 5.20. The molecule has 176 valence electrons. The van der Waals surface area contributed by atoms with Crippen LogP contribution in [0.5, 0.6) is 0 Å². The number of nitrogens with two attached hydrogens (primary N) is 1. The quantitative estimate of drug-likeness (QED) is 0.677. The van der Waals surface area contributed by atoms with E-state index < -0.39 is 41.8 Å². The highest BCUT2D eigenvalue weighted by Crippen LogP contribution is 2.43. The number of ether oxygens (including phenoxy) is 2. The second kappa shape index (κ2) is 7.95. The molecule has 0 radical (unpaired) electrons. The zero-order valence-electron chi connectivity index (χ0n) is 17.2. The number of hydrogen-bond acceptors (Lipinski definition) is 10. The van der Waals surface area contributed by atoms with Gasteiger partial charge in [-0.3, -0.25) is 4.90 Å². The predicted molar refractivity (Wildman–Crippen MR) is 107 cm³/mol. The number of anilines is 3. The molecule has 2 saturated heterocycles. The lowest BCUT2D eigenvalue weighted by molar-refractivity contribution is -0.140. The number of morpholine rings is 1. The van der Waals surface area contributed by atoms with E-state index in [1.54, 1.807) is 4.90 Å². The lowest BCUT2D eigenvalue weighted by Gasteiger charge is -2.29. The van der Waals surface area contributed by atoms with Crippen LogP contribution in [0.2, 0.25) is 0 Å². The third-order valence-electron chi connectivity index (χ3n) is 5.95. The van der Waals surface area contributed by atoms with E-state index in [1.807, 2.05) is 0 Å². The summed E-state index contributed by atoms with van der Waals surface area (Å²) in [6.45, 7) is 1.55. The molecule has 0 aromatic carbocycles. The van der Waals surface area contributed by atoms with E-state index in [9.17, 15) is 23.1 Å². The number of amides is 1. The molecule has 0 unspecified atom stereocenters. The SMILES string of the molecule is Nc1c(-c2cncnc2C(F)(F)F)nc(N2CCOCC2)nc1N1C(=O)O[C@H]2[C@H](O)CC[C@H]21. The summed E-state index contributed by atoms with van der Waals surface area (Å²) in [5, 5.41) is 10.1. The molecule has 3 aliphatic rings. The summed E-state index contributed by atoms with van der Waals surface area (Å²) >= 11 is 0. The number of alkyl halides is 3. The maximum atomic E-state index is 13.7. The average Bonchev–Trinajstić information content (AvgIpc) is 3.32. The van der Waals surface area contributed by atoms with Crippen LogP contribution >= 0.6 is 0 Å². The first-order valence-electron chi connectivity index (χ1n) is 10.3.